The van der Waals surface area contributed by atoms with Crippen molar-refractivity contribution in [2.75, 3.05) is 19.9 Å². The largest absolute Gasteiger partial charge is 0.495 e. The van der Waals surface area contributed by atoms with E-state index in [4.69, 9.17) is 4.74 Å². The average Bonchev–Trinajstić information content (AvgIpc) is 2.84. The maximum Gasteiger partial charge on any atom is 0.255 e. The van der Waals surface area contributed by atoms with Gasteiger partial charge in [-0.15, -0.1) is 11.8 Å². The van der Waals surface area contributed by atoms with Gasteiger partial charge in [-0.3, -0.25) is 4.79 Å². The molecular weight excluding hydrogens is 470 g/mol. The fourth-order valence-electron chi connectivity index (χ4n) is 3.20. The molecule has 1 N–H and O–H groups in total. The van der Waals surface area contributed by atoms with Crippen LogP contribution in [0.2, 0.25) is 0 Å². The summed E-state index contributed by atoms with van der Waals surface area (Å²) in [6, 6.07) is 21.7. The number of methoxy groups -OCH3 is 1. The lowest BCUT2D eigenvalue weighted by molar-refractivity contribution is -0.121. The van der Waals surface area contributed by atoms with E-state index in [0.717, 1.165) is 25.9 Å². The number of hydrogen-bond acceptors (Lipinski definition) is 6. The Kier molecular flexibility index (Phi) is 8.86. The summed E-state index contributed by atoms with van der Waals surface area (Å²) >= 11 is 1.63. The molecule has 0 fully saturated rings. The Morgan fingerprint density at radius 3 is 2.44 bits per heavy atom. The minimum Gasteiger partial charge on any atom is -0.495 e. The predicted molar refractivity (Wildman–Crippen MR) is 136 cm³/mol. The smallest absolute Gasteiger partial charge is 0.255 e. The van der Waals surface area contributed by atoms with E-state index < -0.39 is 22.5 Å². The maximum atomic E-state index is 13.6. The van der Waals surface area contributed by atoms with Crippen LogP contribution < -0.4 is 10.2 Å². The lowest BCUT2D eigenvalue weighted by atomic mass is 10.2. The van der Waals surface area contributed by atoms with Crippen LogP contribution in [-0.4, -0.2) is 44.8 Å². The number of ether oxygens (including phenoxy) is 1. The van der Waals surface area contributed by atoms with Crippen LogP contribution >= 0.6 is 11.8 Å². The van der Waals surface area contributed by atoms with Gasteiger partial charge in [0.05, 0.1) is 19.9 Å². The van der Waals surface area contributed by atoms with Crippen LogP contribution in [0.25, 0.3) is 0 Å². The maximum absolute atomic E-state index is 13.6. The van der Waals surface area contributed by atoms with Crippen molar-refractivity contribution in [1.29, 1.82) is 0 Å². The topological polar surface area (TPSA) is 88.1 Å². The molecule has 0 aromatic heterocycles. The molecule has 34 heavy (non-hydrogen) atoms. The minimum absolute atomic E-state index is 0.0103. The number of thioether (sulfide) groups is 1. The Morgan fingerprint density at radius 1 is 1.09 bits per heavy atom. The highest BCUT2D eigenvalue weighted by Crippen LogP contribution is 2.28. The van der Waals surface area contributed by atoms with Crippen LogP contribution in [-0.2, 0) is 21.4 Å². The zero-order chi connectivity index (χ0) is 24.6. The molecule has 0 saturated carbocycles. The van der Waals surface area contributed by atoms with Crippen molar-refractivity contribution < 1.29 is 17.9 Å². The van der Waals surface area contributed by atoms with E-state index >= 15 is 0 Å². The Bertz CT molecular complexity index is 1240. The van der Waals surface area contributed by atoms with Crippen molar-refractivity contribution in [2.24, 2.45) is 5.10 Å². The van der Waals surface area contributed by atoms with Gasteiger partial charge in [-0.05, 0) is 54.1 Å². The standard InChI is InChI=1S/C25H27N3O4S2/c1-19-9-14-23(32-2)24(15-19)34(30,31)28(17-21-7-5-4-6-8-21)18-25(29)27-26-16-20-10-12-22(33-3)13-11-20/h4-16H,17-18H2,1-3H3,(H,27,29)/b26-16+. The molecule has 0 aliphatic rings. The van der Waals surface area contributed by atoms with Gasteiger partial charge < -0.3 is 4.74 Å². The second-order valence-electron chi connectivity index (χ2n) is 7.48. The van der Waals surface area contributed by atoms with Crippen LogP contribution in [0.5, 0.6) is 5.75 Å². The molecule has 0 saturated heterocycles. The fourth-order valence-corrected chi connectivity index (χ4v) is 5.23. The Morgan fingerprint density at radius 2 is 1.79 bits per heavy atom. The highest BCUT2D eigenvalue weighted by Gasteiger charge is 2.30. The number of nitrogens with zero attached hydrogens (tertiary/aromatic N) is 2. The zero-order valence-electron chi connectivity index (χ0n) is 19.3. The number of benzene rings is 3. The van der Waals surface area contributed by atoms with Crippen molar-refractivity contribution in [3.63, 3.8) is 0 Å². The first kappa shape index (κ1) is 25.5. The molecule has 1 amide bonds. The van der Waals surface area contributed by atoms with Gasteiger partial charge in [-0.25, -0.2) is 13.8 Å². The molecule has 9 heteroatoms. The van der Waals surface area contributed by atoms with Gasteiger partial charge in [0, 0.05) is 11.4 Å². The number of sulfonamides is 1. The van der Waals surface area contributed by atoms with Gasteiger partial charge in [0.15, 0.2) is 0 Å². The van der Waals surface area contributed by atoms with E-state index in [9.17, 15) is 13.2 Å². The highest BCUT2D eigenvalue weighted by molar-refractivity contribution is 7.98. The highest BCUT2D eigenvalue weighted by atomic mass is 32.2. The van der Waals surface area contributed by atoms with E-state index in [2.05, 4.69) is 10.5 Å². The third kappa shape index (κ3) is 6.69. The van der Waals surface area contributed by atoms with Crippen molar-refractivity contribution in [1.82, 2.24) is 9.73 Å². The van der Waals surface area contributed by atoms with Gasteiger partial charge in [0.1, 0.15) is 10.6 Å². The van der Waals surface area contributed by atoms with Crippen molar-refractivity contribution in [3.05, 3.63) is 89.5 Å². The minimum atomic E-state index is -4.05. The Balaban J connectivity index is 1.82. The molecule has 0 aliphatic carbocycles. The van der Waals surface area contributed by atoms with Gasteiger partial charge in [0.25, 0.3) is 5.91 Å². The number of hydrogen-bond donors (Lipinski definition) is 1. The van der Waals surface area contributed by atoms with Crippen LogP contribution in [0.3, 0.4) is 0 Å². The first-order valence-corrected chi connectivity index (χ1v) is 13.1. The third-order valence-corrected chi connectivity index (χ3v) is 7.53. The first-order chi connectivity index (χ1) is 16.3. The van der Waals surface area contributed by atoms with E-state index in [-0.39, 0.29) is 17.2 Å². The van der Waals surface area contributed by atoms with Gasteiger partial charge >= 0.3 is 0 Å². The van der Waals surface area contributed by atoms with E-state index in [1.807, 2.05) is 60.9 Å². The lowest BCUT2D eigenvalue weighted by Gasteiger charge is -2.23. The molecular formula is C25H27N3O4S2. The summed E-state index contributed by atoms with van der Waals surface area (Å²) in [4.78, 5) is 13.8. The molecule has 0 spiro atoms. The number of hydrazone groups is 1. The quantitative estimate of drug-likeness (QED) is 0.259. The van der Waals surface area contributed by atoms with Crippen molar-refractivity contribution >= 4 is 33.9 Å². The number of nitrogens with one attached hydrogen (secondary N) is 1. The van der Waals surface area contributed by atoms with Gasteiger partial charge in [-0.2, -0.15) is 9.41 Å². The molecule has 0 heterocycles. The third-order valence-electron chi connectivity index (χ3n) is 4.98. The van der Waals surface area contributed by atoms with Crippen molar-refractivity contribution in [3.8, 4) is 5.75 Å². The number of carbonyl (C=O) groups is 1. The summed E-state index contributed by atoms with van der Waals surface area (Å²) in [7, 11) is -2.64. The molecule has 0 atom stereocenters. The van der Waals surface area contributed by atoms with E-state index in [0.29, 0.717) is 0 Å². The monoisotopic (exact) mass is 497 g/mol. The van der Waals surface area contributed by atoms with Gasteiger partial charge in [-0.1, -0.05) is 48.5 Å². The Hall–Kier alpha value is -3.14. The molecule has 3 aromatic carbocycles. The SMILES string of the molecule is COc1ccc(C)cc1S(=O)(=O)N(CC(=O)N/N=C/c1ccc(SC)cc1)Cc1ccccc1. The van der Waals surface area contributed by atoms with Gasteiger partial charge in [0.2, 0.25) is 10.0 Å². The number of carbonyl (C=O) groups excluding carboxylic acids is 1. The Labute approximate surface area is 204 Å². The second-order valence-corrected chi connectivity index (χ2v) is 10.3. The average molecular weight is 498 g/mol. The summed E-state index contributed by atoms with van der Waals surface area (Å²) in [5.74, 6) is -0.334. The van der Waals surface area contributed by atoms with Crippen LogP contribution in [0, 0.1) is 6.92 Å². The molecule has 7 nitrogen and oxygen atoms in total. The normalized spacial score (nSPS) is 11.6. The molecule has 178 valence electrons. The number of amides is 1. The van der Waals surface area contributed by atoms with Crippen LogP contribution in [0.4, 0.5) is 0 Å². The molecule has 3 rings (SSSR count). The fraction of sp³-hybridized carbons (Fsp3) is 0.200. The number of rotatable bonds is 10. The predicted octanol–water partition coefficient (Wildman–Crippen LogP) is 4.07. The second kappa shape index (κ2) is 11.8. The van der Waals surface area contributed by atoms with Crippen LogP contribution in [0.1, 0.15) is 16.7 Å². The summed E-state index contributed by atoms with van der Waals surface area (Å²) in [5, 5.41) is 3.98. The molecule has 3 aromatic rings. The summed E-state index contributed by atoms with van der Waals surface area (Å²) in [6.45, 7) is 1.41. The molecule has 0 radical (unpaired) electrons. The molecule has 0 unspecified atom stereocenters. The number of aryl methyl sites for hydroxylation is 1. The molecule has 0 aliphatic heterocycles. The molecule has 0 bridgehead atoms. The van der Waals surface area contributed by atoms with Crippen molar-refractivity contribution in [2.45, 2.75) is 23.3 Å². The first-order valence-electron chi connectivity index (χ1n) is 10.5. The summed E-state index contributed by atoms with van der Waals surface area (Å²) in [6.07, 6.45) is 3.51. The van der Waals surface area contributed by atoms with E-state index in [1.54, 1.807) is 36.9 Å². The summed E-state index contributed by atoms with van der Waals surface area (Å²) < 4.78 is 33.6. The van der Waals surface area contributed by atoms with E-state index in [1.165, 1.54) is 13.3 Å². The zero-order valence-corrected chi connectivity index (χ0v) is 20.9. The van der Waals surface area contributed by atoms with Crippen LogP contribution in [0.15, 0.2) is 87.7 Å². The lowest BCUT2D eigenvalue weighted by Crippen LogP contribution is -2.39. The summed E-state index contributed by atoms with van der Waals surface area (Å²) in [5.41, 5.74) is 4.76.